The van der Waals surface area contributed by atoms with Crippen LogP contribution < -0.4 is 9.64 Å². The number of nitro groups is 1. The second-order valence-electron chi connectivity index (χ2n) is 5.06. The van der Waals surface area contributed by atoms with Gasteiger partial charge in [0.1, 0.15) is 6.54 Å². The Balaban J connectivity index is 2.27. The van der Waals surface area contributed by atoms with Gasteiger partial charge < -0.3 is 14.7 Å². The normalized spacial score (nSPS) is 13.8. The topological polar surface area (TPSA) is 92.9 Å². The molecular weight excluding hydrogens is 276 g/mol. The summed E-state index contributed by atoms with van der Waals surface area (Å²) in [6.45, 7) is 2.58. The average molecular weight is 294 g/mol. The van der Waals surface area contributed by atoms with Gasteiger partial charge in [-0.2, -0.15) is 0 Å². The molecule has 1 saturated carbocycles. The highest BCUT2D eigenvalue weighted by atomic mass is 16.6. The summed E-state index contributed by atoms with van der Waals surface area (Å²) in [7, 11) is 0. The molecule has 2 rings (SSSR count). The first-order valence-electron chi connectivity index (χ1n) is 6.89. The fourth-order valence-electron chi connectivity index (χ4n) is 2.16. The van der Waals surface area contributed by atoms with E-state index in [1.165, 1.54) is 6.07 Å². The summed E-state index contributed by atoms with van der Waals surface area (Å²) in [4.78, 5) is 23.2. The van der Waals surface area contributed by atoms with Crippen molar-refractivity contribution in [3.05, 3.63) is 28.3 Å². The van der Waals surface area contributed by atoms with Crippen molar-refractivity contribution in [2.24, 2.45) is 5.92 Å². The number of anilines is 1. The third-order valence-corrected chi connectivity index (χ3v) is 3.31. The smallest absolute Gasteiger partial charge is 0.323 e. The minimum absolute atomic E-state index is 0.109. The molecule has 1 aliphatic carbocycles. The first kappa shape index (κ1) is 15.1. The molecule has 0 radical (unpaired) electrons. The summed E-state index contributed by atoms with van der Waals surface area (Å²) >= 11 is 0. The van der Waals surface area contributed by atoms with Crippen LogP contribution in [0.15, 0.2) is 18.2 Å². The number of carboxylic acid groups (broad SMARTS) is 1. The van der Waals surface area contributed by atoms with Crippen LogP contribution >= 0.6 is 0 Å². The number of carboxylic acids is 1. The summed E-state index contributed by atoms with van der Waals surface area (Å²) in [5.41, 5.74) is 0.528. The summed E-state index contributed by atoms with van der Waals surface area (Å²) in [6.07, 6.45) is 2.20. The molecule has 0 spiro atoms. The molecule has 0 bridgehead atoms. The Kier molecular flexibility index (Phi) is 4.62. The quantitative estimate of drug-likeness (QED) is 0.584. The van der Waals surface area contributed by atoms with Crippen LogP contribution in [0.2, 0.25) is 0 Å². The van der Waals surface area contributed by atoms with E-state index in [-0.39, 0.29) is 18.0 Å². The van der Waals surface area contributed by atoms with Crippen LogP contribution in [0.3, 0.4) is 0 Å². The van der Waals surface area contributed by atoms with Crippen molar-refractivity contribution >= 4 is 17.3 Å². The lowest BCUT2D eigenvalue weighted by Gasteiger charge is -2.23. The number of ether oxygens (including phenoxy) is 1. The summed E-state index contributed by atoms with van der Waals surface area (Å²) in [5, 5.41) is 20.0. The molecule has 0 amide bonds. The third kappa shape index (κ3) is 4.08. The van der Waals surface area contributed by atoms with Crippen molar-refractivity contribution in [3.8, 4) is 5.75 Å². The van der Waals surface area contributed by atoms with Crippen LogP contribution in [0.1, 0.15) is 19.8 Å². The van der Waals surface area contributed by atoms with Crippen molar-refractivity contribution in [1.29, 1.82) is 0 Å². The van der Waals surface area contributed by atoms with Crippen LogP contribution in [0.4, 0.5) is 11.4 Å². The van der Waals surface area contributed by atoms with E-state index < -0.39 is 10.9 Å². The number of carbonyl (C=O) groups is 1. The Morgan fingerprint density at radius 1 is 1.52 bits per heavy atom. The minimum atomic E-state index is -0.924. The van der Waals surface area contributed by atoms with E-state index in [0.717, 1.165) is 12.8 Å². The van der Waals surface area contributed by atoms with Gasteiger partial charge >= 0.3 is 11.7 Å². The van der Waals surface area contributed by atoms with Crippen molar-refractivity contribution in [1.82, 2.24) is 0 Å². The zero-order chi connectivity index (χ0) is 15.4. The molecule has 1 aromatic carbocycles. The molecule has 0 heterocycles. The van der Waals surface area contributed by atoms with Gasteiger partial charge in [0.15, 0.2) is 5.75 Å². The molecule has 114 valence electrons. The van der Waals surface area contributed by atoms with Gasteiger partial charge in [-0.05, 0) is 31.7 Å². The van der Waals surface area contributed by atoms with Gasteiger partial charge in [-0.3, -0.25) is 14.9 Å². The lowest BCUT2D eigenvalue weighted by atomic mass is 10.2. The minimum Gasteiger partial charge on any atom is -0.487 e. The number of hydrogen-bond donors (Lipinski definition) is 1. The maximum Gasteiger partial charge on any atom is 0.323 e. The van der Waals surface area contributed by atoms with Crippen molar-refractivity contribution in [2.75, 3.05) is 24.6 Å². The fraction of sp³-hybridized carbons (Fsp3) is 0.500. The molecule has 1 N–H and O–H groups in total. The maximum absolute atomic E-state index is 11.0. The van der Waals surface area contributed by atoms with Crippen LogP contribution in [0.5, 0.6) is 5.75 Å². The number of aliphatic carboxylic acids is 1. The van der Waals surface area contributed by atoms with E-state index in [1.54, 1.807) is 24.0 Å². The zero-order valence-corrected chi connectivity index (χ0v) is 11.8. The standard InChI is InChI=1S/C14H18N2O5/c1-2-21-13-7-11(5-6-12(13)16(19)20)15(9-14(17)18)8-10-3-4-10/h5-7,10H,2-4,8-9H2,1H3,(H,17,18). The average Bonchev–Trinajstić information content (AvgIpc) is 3.21. The van der Waals surface area contributed by atoms with Gasteiger partial charge in [0, 0.05) is 24.4 Å². The molecule has 21 heavy (non-hydrogen) atoms. The predicted molar refractivity (Wildman–Crippen MR) is 76.8 cm³/mol. The molecule has 0 aromatic heterocycles. The van der Waals surface area contributed by atoms with Gasteiger partial charge in [0.2, 0.25) is 0 Å². The van der Waals surface area contributed by atoms with Gasteiger partial charge in [0.25, 0.3) is 0 Å². The first-order chi connectivity index (χ1) is 10.0. The van der Waals surface area contributed by atoms with E-state index in [4.69, 9.17) is 9.84 Å². The SMILES string of the molecule is CCOc1cc(N(CC(=O)O)CC2CC2)ccc1[N+](=O)[O-]. The van der Waals surface area contributed by atoms with Crippen molar-refractivity contribution < 1.29 is 19.6 Å². The van der Waals surface area contributed by atoms with Crippen LogP contribution in [-0.4, -0.2) is 35.7 Å². The first-order valence-corrected chi connectivity index (χ1v) is 6.89. The highest BCUT2D eigenvalue weighted by Gasteiger charge is 2.26. The second-order valence-corrected chi connectivity index (χ2v) is 5.06. The lowest BCUT2D eigenvalue weighted by molar-refractivity contribution is -0.385. The molecule has 0 atom stereocenters. The second kappa shape index (κ2) is 6.43. The molecular formula is C14H18N2O5. The number of nitrogens with zero attached hydrogens (tertiary/aromatic N) is 2. The monoisotopic (exact) mass is 294 g/mol. The zero-order valence-electron chi connectivity index (χ0n) is 11.8. The van der Waals surface area contributed by atoms with Crippen LogP contribution in [-0.2, 0) is 4.79 Å². The van der Waals surface area contributed by atoms with Gasteiger partial charge in [-0.1, -0.05) is 0 Å². The van der Waals surface area contributed by atoms with Gasteiger partial charge in [0.05, 0.1) is 11.5 Å². The Morgan fingerprint density at radius 3 is 2.76 bits per heavy atom. The van der Waals surface area contributed by atoms with E-state index in [2.05, 4.69) is 0 Å². The van der Waals surface area contributed by atoms with E-state index in [1.807, 2.05) is 0 Å². The van der Waals surface area contributed by atoms with Crippen molar-refractivity contribution in [2.45, 2.75) is 19.8 Å². The van der Waals surface area contributed by atoms with Gasteiger partial charge in [-0.25, -0.2) is 0 Å². The summed E-state index contributed by atoms with van der Waals surface area (Å²) < 4.78 is 5.30. The Bertz CT molecular complexity index is 542. The predicted octanol–water partition coefficient (Wildman–Crippen LogP) is 2.29. The Hall–Kier alpha value is -2.31. The largest absolute Gasteiger partial charge is 0.487 e. The molecule has 1 fully saturated rings. The number of hydrogen-bond acceptors (Lipinski definition) is 5. The highest BCUT2D eigenvalue weighted by molar-refractivity contribution is 5.74. The molecule has 0 aliphatic heterocycles. The third-order valence-electron chi connectivity index (χ3n) is 3.31. The van der Waals surface area contributed by atoms with E-state index in [9.17, 15) is 14.9 Å². The molecule has 0 saturated heterocycles. The number of nitro benzene ring substituents is 1. The van der Waals surface area contributed by atoms with Gasteiger partial charge in [-0.15, -0.1) is 0 Å². The van der Waals surface area contributed by atoms with E-state index >= 15 is 0 Å². The Morgan fingerprint density at radius 2 is 2.24 bits per heavy atom. The van der Waals surface area contributed by atoms with Crippen LogP contribution in [0, 0.1) is 16.0 Å². The number of benzene rings is 1. The number of rotatable bonds is 8. The fourth-order valence-corrected chi connectivity index (χ4v) is 2.16. The molecule has 7 nitrogen and oxygen atoms in total. The maximum atomic E-state index is 11.0. The van der Waals surface area contributed by atoms with Crippen molar-refractivity contribution in [3.63, 3.8) is 0 Å². The summed E-state index contributed by atoms with van der Waals surface area (Å²) in [6, 6.07) is 4.49. The molecule has 7 heteroatoms. The lowest BCUT2D eigenvalue weighted by Crippen LogP contribution is -2.31. The highest BCUT2D eigenvalue weighted by Crippen LogP contribution is 2.35. The molecule has 1 aliphatic rings. The summed E-state index contributed by atoms with van der Waals surface area (Å²) in [5.74, 6) is -0.242. The Labute approximate surface area is 122 Å². The molecule has 1 aromatic rings. The van der Waals surface area contributed by atoms with Crippen LogP contribution in [0.25, 0.3) is 0 Å². The molecule has 0 unspecified atom stereocenters. The van der Waals surface area contributed by atoms with E-state index in [0.29, 0.717) is 24.8 Å².